The molecule has 0 amide bonds. The summed E-state index contributed by atoms with van der Waals surface area (Å²) in [6.45, 7) is 9.45. The topological polar surface area (TPSA) is 18.5 Å². The zero-order valence-corrected chi connectivity index (χ0v) is 10.8. The summed E-state index contributed by atoms with van der Waals surface area (Å²) >= 11 is 0. The van der Waals surface area contributed by atoms with E-state index in [2.05, 4.69) is 43.1 Å². The van der Waals surface area contributed by atoms with Gasteiger partial charge in [0.05, 0.1) is 0 Å². The second-order valence-electron chi connectivity index (χ2n) is 4.70. The molecule has 0 saturated carbocycles. The first-order chi connectivity index (χ1) is 7.21. The Labute approximate surface area is 94.8 Å². The maximum atomic E-state index is 3.39. The summed E-state index contributed by atoms with van der Waals surface area (Å²) < 4.78 is 0. The number of piperazine rings is 1. The van der Waals surface area contributed by atoms with Crippen LogP contribution in [0.5, 0.6) is 0 Å². The van der Waals surface area contributed by atoms with Gasteiger partial charge in [0.25, 0.3) is 0 Å². The van der Waals surface area contributed by atoms with E-state index in [1.165, 1.54) is 39.0 Å². The summed E-state index contributed by atoms with van der Waals surface area (Å²) in [5.74, 6) is 0. The molecule has 0 aliphatic carbocycles. The molecule has 2 atom stereocenters. The molecule has 3 heteroatoms. The Morgan fingerprint density at radius 3 is 2.60 bits per heavy atom. The van der Waals surface area contributed by atoms with Crippen LogP contribution >= 0.6 is 0 Å². The first-order valence-electron chi connectivity index (χ1n) is 6.31. The third-order valence-corrected chi connectivity index (χ3v) is 3.71. The molecule has 0 radical (unpaired) electrons. The number of nitrogens with one attached hydrogen (secondary N) is 1. The lowest BCUT2D eigenvalue weighted by Gasteiger charge is -2.40. The summed E-state index contributed by atoms with van der Waals surface area (Å²) in [5.41, 5.74) is 0. The van der Waals surface area contributed by atoms with E-state index in [-0.39, 0.29) is 0 Å². The van der Waals surface area contributed by atoms with Gasteiger partial charge >= 0.3 is 0 Å². The van der Waals surface area contributed by atoms with Crippen molar-refractivity contribution < 1.29 is 0 Å². The lowest BCUT2D eigenvalue weighted by atomic mass is 10.1. The van der Waals surface area contributed by atoms with Crippen molar-refractivity contribution in [2.75, 3.05) is 40.3 Å². The lowest BCUT2D eigenvalue weighted by Crippen LogP contribution is -2.53. The maximum absolute atomic E-state index is 3.39. The van der Waals surface area contributed by atoms with Gasteiger partial charge in [-0.2, -0.15) is 0 Å². The summed E-state index contributed by atoms with van der Waals surface area (Å²) in [6.07, 6.45) is 2.49. The number of hydrogen-bond acceptors (Lipinski definition) is 3. The molecule has 90 valence electrons. The quantitative estimate of drug-likeness (QED) is 0.735. The van der Waals surface area contributed by atoms with Crippen LogP contribution in [0, 0.1) is 0 Å². The minimum Gasteiger partial charge on any atom is -0.316 e. The molecule has 1 fully saturated rings. The molecule has 0 aromatic heterocycles. The van der Waals surface area contributed by atoms with Crippen molar-refractivity contribution in [1.29, 1.82) is 0 Å². The minimum atomic E-state index is 0.658. The second kappa shape index (κ2) is 6.46. The van der Waals surface area contributed by atoms with E-state index < -0.39 is 0 Å². The third kappa shape index (κ3) is 3.74. The predicted octanol–water partition coefficient (Wildman–Crippen LogP) is 1.01. The second-order valence-corrected chi connectivity index (χ2v) is 4.70. The van der Waals surface area contributed by atoms with Crippen molar-refractivity contribution in [1.82, 2.24) is 15.1 Å². The molecule has 1 heterocycles. The van der Waals surface area contributed by atoms with Crippen LogP contribution in [0.15, 0.2) is 0 Å². The minimum absolute atomic E-state index is 0.658. The van der Waals surface area contributed by atoms with Gasteiger partial charge in [0.15, 0.2) is 0 Å². The Balaban J connectivity index is 2.37. The van der Waals surface area contributed by atoms with Crippen molar-refractivity contribution in [3.63, 3.8) is 0 Å². The van der Waals surface area contributed by atoms with Crippen LogP contribution in [-0.2, 0) is 0 Å². The van der Waals surface area contributed by atoms with E-state index in [4.69, 9.17) is 0 Å². The van der Waals surface area contributed by atoms with Gasteiger partial charge < -0.3 is 10.2 Å². The molecule has 2 unspecified atom stereocenters. The Morgan fingerprint density at radius 2 is 2.07 bits per heavy atom. The number of nitrogens with zero attached hydrogens (tertiary/aromatic N) is 2. The Hall–Kier alpha value is -0.120. The molecule has 1 aliphatic heterocycles. The van der Waals surface area contributed by atoms with E-state index >= 15 is 0 Å². The molecule has 0 bridgehead atoms. The van der Waals surface area contributed by atoms with E-state index in [0.29, 0.717) is 6.04 Å². The molecule has 0 aromatic carbocycles. The van der Waals surface area contributed by atoms with Gasteiger partial charge in [0.2, 0.25) is 0 Å². The summed E-state index contributed by atoms with van der Waals surface area (Å²) in [5, 5.41) is 3.39. The zero-order valence-electron chi connectivity index (χ0n) is 10.8. The Bertz CT molecular complexity index is 166. The lowest BCUT2D eigenvalue weighted by molar-refractivity contribution is 0.0862. The first-order valence-corrected chi connectivity index (χ1v) is 6.31. The normalized spacial score (nSPS) is 26.8. The molecule has 0 spiro atoms. The fourth-order valence-electron chi connectivity index (χ4n) is 2.35. The zero-order chi connectivity index (χ0) is 11.3. The largest absolute Gasteiger partial charge is 0.316 e. The maximum Gasteiger partial charge on any atom is 0.0218 e. The molecular formula is C12H27N3. The smallest absolute Gasteiger partial charge is 0.0218 e. The van der Waals surface area contributed by atoms with Gasteiger partial charge in [-0.3, -0.25) is 4.90 Å². The van der Waals surface area contributed by atoms with E-state index in [9.17, 15) is 0 Å². The van der Waals surface area contributed by atoms with Crippen LogP contribution in [0.3, 0.4) is 0 Å². The third-order valence-electron chi connectivity index (χ3n) is 3.71. The SMILES string of the molecule is CCC(CN1CCN(C)C(CC)C1)NC. The van der Waals surface area contributed by atoms with Crippen molar-refractivity contribution in [3.8, 4) is 0 Å². The fourth-order valence-corrected chi connectivity index (χ4v) is 2.35. The van der Waals surface area contributed by atoms with Gasteiger partial charge in [-0.1, -0.05) is 13.8 Å². The Morgan fingerprint density at radius 1 is 1.33 bits per heavy atom. The van der Waals surface area contributed by atoms with Crippen LogP contribution < -0.4 is 5.32 Å². The summed E-state index contributed by atoms with van der Waals surface area (Å²) in [4.78, 5) is 5.11. The highest BCUT2D eigenvalue weighted by Gasteiger charge is 2.23. The molecule has 0 aromatic rings. The van der Waals surface area contributed by atoms with Crippen molar-refractivity contribution in [2.45, 2.75) is 38.8 Å². The summed E-state index contributed by atoms with van der Waals surface area (Å²) in [6, 6.07) is 1.42. The number of likely N-dealkylation sites (N-methyl/N-ethyl adjacent to an activating group) is 2. The molecule has 1 aliphatic rings. The fraction of sp³-hybridized carbons (Fsp3) is 1.00. The number of hydrogen-bond donors (Lipinski definition) is 1. The average molecular weight is 213 g/mol. The highest BCUT2D eigenvalue weighted by molar-refractivity contribution is 4.81. The molecule has 15 heavy (non-hydrogen) atoms. The van der Waals surface area contributed by atoms with Gasteiger partial charge in [0.1, 0.15) is 0 Å². The van der Waals surface area contributed by atoms with E-state index in [0.717, 1.165) is 6.04 Å². The van der Waals surface area contributed by atoms with Crippen molar-refractivity contribution >= 4 is 0 Å². The number of rotatable bonds is 5. The van der Waals surface area contributed by atoms with Crippen LogP contribution in [0.25, 0.3) is 0 Å². The Kier molecular flexibility index (Phi) is 5.58. The predicted molar refractivity (Wildman–Crippen MR) is 66.3 cm³/mol. The summed E-state index contributed by atoms with van der Waals surface area (Å²) in [7, 11) is 4.32. The van der Waals surface area contributed by atoms with Gasteiger partial charge in [-0.25, -0.2) is 0 Å². The molecule has 3 nitrogen and oxygen atoms in total. The van der Waals surface area contributed by atoms with Gasteiger partial charge in [0, 0.05) is 38.3 Å². The molecule has 1 N–H and O–H groups in total. The molecule has 1 rings (SSSR count). The van der Waals surface area contributed by atoms with Crippen LogP contribution in [0.4, 0.5) is 0 Å². The van der Waals surface area contributed by atoms with Crippen molar-refractivity contribution in [3.05, 3.63) is 0 Å². The highest BCUT2D eigenvalue weighted by Crippen LogP contribution is 2.11. The first kappa shape index (κ1) is 12.9. The van der Waals surface area contributed by atoms with Crippen LogP contribution in [0.2, 0.25) is 0 Å². The van der Waals surface area contributed by atoms with E-state index in [1.54, 1.807) is 0 Å². The standard InChI is InChI=1S/C12H27N3/c1-5-11(13-3)9-15-8-7-14(4)12(6-2)10-15/h11-13H,5-10H2,1-4H3. The van der Waals surface area contributed by atoms with Gasteiger partial charge in [-0.15, -0.1) is 0 Å². The monoisotopic (exact) mass is 213 g/mol. The molecular weight excluding hydrogens is 186 g/mol. The van der Waals surface area contributed by atoms with E-state index in [1.807, 2.05) is 0 Å². The molecule has 1 saturated heterocycles. The highest BCUT2D eigenvalue weighted by atomic mass is 15.3. The van der Waals surface area contributed by atoms with Crippen molar-refractivity contribution in [2.24, 2.45) is 0 Å². The van der Waals surface area contributed by atoms with Crippen LogP contribution in [0.1, 0.15) is 26.7 Å². The average Bonchev–Trinajstić information content (AvgIpc) is 2.28. The van der Waals surface area contributed by atoms with Crippen LogP contribution in [-0.4, -0.2) is 62.2 Å². The van der Waals surface area contributed by atoms with Gasteiger partial charge in [-0.05, 0) is 26.9 Å².